The normalized spacial score (nSPS) is 18.8. The largest absolute Gasteiger partial charge is 0.436 e. The van der Waals surface area contributed by atoms with Gasteiger partial charge in [0.15, 0.2) is 5.69 Å². The smallest absolute Gasteiger partial charge is 0.274 e. The summed E-state index contributed by atoms with van der Waals surface area (Å²) in [6.07, 6.45) is 1.66. The Morgan fingerprint density at radius 3 is 2.58 bits per heavy atom. The summed E-state index contributed by atoms with van der Waals surface area (Å²) in [6, 6.07) is 11.4. The van der Waals surface area contributed by atoms with Crippen molar-refractivity contribution in [2.45, 2.75) is 49.6 Å². The number of fused-ring (bicyclic) bond motifs is 1. The minimum atomic E-state index is -4.93. The second-order valence-corrected chi connectivity index (χ2v) is 13.0. The van der Waals surface area contributed by atoms with Crippen LogP contribution in [0.3, 0.4) is 0 Å². The van der Waals surface area contributed by atoms with E-state index in [-0.39, 0.29) is 37.2 Å². The minimum absolute atomic E-state index is 0.0337. The van der Waals surface area contributed by atoms with Gasteiger partial charge in [-0.15, -0.1) is 0 Å². The molecule has 0 N–H and O–H groups in total. The van der Waals surface area contributed by atoms with Gasteiger partial charge in [-0.2, -0.15) is 27.7 Å². The average Bonchev–Trinajstić information content (AvgIpc) is 3.69. The van der Waals surface area contributed by atoms with Crippen LogP contribution in [-0.2, 0) is 36.1 Å². The first-order chi connectivity index (χ1) is 20.4. The van der Waals surface area contributed by atoms with Gasteiger partial charge in [0.25, 0.3) is 0 Å². The van der Waals surface area contributed by atoms with E-state index in [1.165, 1.54) is 29.1 Å². The van der Waals surface area contributed by atoms with E-state index in [2.05, 4.69) is 22.1 Å². The minimum Gasteiger partial charge on any atom is -0.274 e. The molecule has 8 nitrogen and oxygen atoms in total. The molecule has 1 aromatic carbocycles. The number of nitrogens with zero attached hydrogens (tertiary/aromatic N) is 6. The highest BCUT2D eigenvalue weighted by Gasteiger charge is 2.44. The SMILES string of the molecule is C[C@@H]1C2=C(CC[C@@H]2CN(CCc2ccccn2)S(=O)(=O)c2cn(C)nc2C(F)(F)F)Cc2c1cnn2-c1ccc(F)cc1. The highest BCUT2D eigenvalue weighted by molar-refractivity contribution is 7.89. The van der Waals surface area contributed by atoms with E-state index in [4.69, 9.17) is 0 Å². The molecule has 0 saturated heterocycles. The third-order valence-electron chi connectivity index (χ3n) is 8.38. The summed E-state index contributed by atoms with van der Waals surface area (Å²) in [5.41, 5.74) is 4.28. The maximum absolute atomic E-state index is 13.9. The van der Waals surface area contributed by atoms with Crippen LogP contribution < -0.4 is 0 Å². The number of aromatic nitrogens is 5. The van der Waals surface area contributed by atoms with Crippen LogP contribution in [0.25, 0.3) is 5.69 Å². The third-order valence-corrected chi connectivity index (χ3v) is 10.2. The van der Waals surface area contributed by atoms with E-state index in [0.717, 1.165) is 39.8 Å². The van der Waals surface area contributed by atoms with Crippen LogP contribution in [-0.4, -0.2) is 50.4 Å². The number of hydrogen-bond donors (Lipinski definition) is 0. The van der Waals surface area contributed by atoms with Crippen molar-refractivity contribution in [2.24, 2.45) is 13.0 Å². The van der Waals surface area contributed by atoms with Crippen molar-refractivity contribution >= 4 is 10.0 Å². The quantitative estimate of drug-likeness (QED) is 0.195. The molecule has 226 valence electrons. The molecule has 0 unspecified atom stereocenters. The Balaban J connectivity index is 1.32. The van der Waals surface area contributed by atoms with Crippen molar-refractivity contribution < 1.29 is 26.0 Å². The first kappa shape index (κ1) is 29.2. The summed E-state index contributed by atoms with van der Waals surface area (Å²) < 4.78 is 86.9. The Labute approximate surface area is 246 Å². The molecule has 2 aliphatic rings. The number of halogens is 4. The molecule has 0 amide bonds. The molecule has 2 aliphatic carbocycles. The van der Waals surface area contributed by atoms with E-state index in [1.54, 1.807) is 42.7 Å². The first-order valence-electron chi connectivity index (χ1n) is 14.0. The maximum atomic E-state index is 13.9. The number of alkyl halides is 3. The zero-order chi connectivity index (χ0) is 30.5. The predicted molar refractivity (Wildman–Crippen MR) is 150 cm³/mol. The van der Waals surface area contributed by atoms with Crippen LogP contribution in [0.4, 0.5) is 17.6 Å². The molecule has 0 radical (unpaired) electrons. The number of pyridine rings is 1. The average molecular weight is 615 g/mol. The van der Waals surface area contributed by atoms with Gasteiger partial charge in [-0.1, -0.05) is 24.1 Å². The topological polar surface area (TPSA) is 85.9 Å². The molecule has 0 saturated carbocycles. The van der Waals surface area contributed by atoms with Gasteiger partial charge in [0.1, 0.15) is 10.7 Å². The van der Waals surface area contributed by atoms with Crippen LogP contribution >= 0.6 is 0 Å². The fourth-order valence-electron chi connectivity index (χ4n) is 6.41. The molecular weight excluding hydrogens is 584 g/mol. The molecule has 13 heteroatoms. The molecule has 0 spiro atoms. The van der Waals surface area contributed by atoms with Gasteiger partial charge < -0.3 is 0 Å². The van der Waals surface area contributed by atoms with E-state index >= 15 is 0 Å². The van der Waals surface area contributed by atoms with Crippen LogP contribution in [0, 0.1) is 11.7 Å². The standard InChI is InChI=1S/C30H30F4N6O2S/c1-19-25-16-36-40(24-10-8-22(31)9-11-24)26(25)15-20-6-7-21(28(19)20)17-39(14-12-23-5-3-4-13-35-23)43(41,42)27-18-38(2)37-29(27)30(32,33)34/h3-5,8-11,13,16,18-19,21H,6-7,12,14-15,17H2,1-2H3/t19-,21+/m0/s1. The van der Waals surface area contributed by atoms with Crippen molar-refractivity contribution in [1.82, 2.24) is 28.9 Å². The van der Waals surface area contributed by atoms with Crippen LogP contribution in [0.2, 0.25) is 0 Å². The van der Waals surface area contributed by atoms with Crippen molar-refractivity contribution in [2.75, 3.05) is 13.1 Å². The second-order valence-electron chi connectivity index (χ2n) is 11.1. The van der Waals surface area contributed by atoms with Crippen molar-refractivity contribution in [3.63, 3.8) is 0 Å². The van der Waals surface area contributed by atoms with Gasteiger partial charge in [-0.3, -0.25) is 9.67 Å². The lowest BCUT2D eigenvalue weighted by Crippen LogP contribution is -2.38. The molecule has 4 aromatic rings. The Hall–Kier alpha value is -3.84. The summed E-state index contributed by atoms with van der Waals surface area (Å²) in [5, 5.41) is 8.03. The maximum Gasteiger partial charge on any atom is 0.436 e. The summed E-state index contributed by atoms with van der Waals surface area (Å²) in [7, 11) is -3.30. The lowest BCUT2D eigenvalue weighted by molar-refractivity contribution is -0.143. The van der Waals surface area contributed by atoms with Gasteiger partial charge in [-0.25, -0.2) is 17.5 Å². The number of aryl methyl sites for hydroxylation is 1. The van der Waals surface area contributed by atoms with Crippen molar-refractivity contribution in [3.8, 4) is 5.69 Å². The van der Waals surface area contributed by atoms with Crippen LogP contribution in [0.15, 0.2) is 77.1 Å². The van der Waals surface area contributed by atoms with E-state index in [9.17, 15) is 26.0 Å². The summed E-state index contributed by atoms with van der Waals surface area (Å²) >= 11 is 0. The van der Waals surface area contributed by atoms with E-state index in [0.29, 0.717) is 18.5 Å². The van der Waals surface area contributed by atoms with Gasteiger partial charge in [0.05, 0.1) is 17.6 Å². The number of hydrogen-bond acceptors (Lipinski definition) is 5. The molecule has 3 aromatic heterocycles. The molecule has 3 heterocycles. The lowest BCUT2D eigenvalue weighted by Gasteiger charge is -2.30. The monoisotopic (exact) mass is 614 g/mol. The number of allylic oxidation sites excluding steroid dienone is 1. The van der Waals surface area contributed by atoms with Crippen LogP contribution in [0.5, 0.6) is 0 Å². The Kier molecular flexibility index (Phi) is 7.49. The predicted octanol–water partition coefficient (Wildman–Crippen LogP) is 5.46. The van der Waals surface area contributed by atoms with E-state index < -0.39 is 26.8 Å². The molecule has 0 fully saturated rings. The zero-order valence-corrected chi connectivity index (χ0v) is 24.4. The molecule has 43 heavy (non-hydrogen) atoms. The van der Waals surface area contributed by atoms with E-state index in [1.807, 2.05) is 4.68 Å². The molecular formula is C30H30F4N6O2S. The third kappa shape index (κ3) is 5.51. The Morgan fingerprint density at radius 2 is 1.88 bits per heavy atom. The summed E-state index contributed by atoms with van der Waals surface area (Å²) in [4.78, 5) is 3.42. The van der Waals surface area contributed by atoms with Crippen LogP contribution in [0.1, 0.15) is 48.3 Å². The number of rotatable bonds is 8. The van der Waals surface area contributed by atoms with Crippen molar-refractivity contribution in [1.29, 1.82) is 0 Å². The van der Waals surface area contributed by atoms with Crippen molar-refractivity contribution in [3.05, 3.63) is 101 Å². The second kappa shape index (κ2) is 11.0. The Bertz CT molecular complexity index is 1780. The Morgan fingerprint density at radius 1 is 1.12 bits per heavy atom. The fraction of sp³-hybridized carbons (Fsp3) is 0.367. The van der Waals surface area contributed by atoms with Gasteiger partial charge >= 0.3 is 6.18 Å². The number of benzene rings is 1. The molecule has 0 aliphatic heterocycles. The fourth-order valence-corrected chi connectivity index (χ4v) is 8.08. The molecule has 6 rings (SSSR count). The zero-order valence-electron chi connectivity index (χ0n) is 23.6. The highest BCUT2D eigenvalue weighted by atomic mass is 32.2. The highest BCUT2D eigenvalue weighted by Crippen LogP contribution is 2.48. The number of sulfonamides is 1. The molecule has 0 bridgehead atoms. The van der Waals surface area contributed by atoms with Gasteiger partial charge in [0.2, 0.25) is 10.0 Å². The first-order valence-corrected chi connectivity index (χ1v) is 15.4. The van der Waals surface area contributed by atoms with Gasteiger partial charge in [-0.05, 0) is 55.2 Å². The summed E-state index contributed by atoms with van der Waals surface area (Å²) in [6.45, 7) is 2.05. The summed E-state index contributed by atoms with van der Waals surface area (Å²) in [5.74, 6) is -0.584. The molecule has 2 atom stereocenters. The lowest BCUT2D eigenvalue weighted by atomic mass is 9.80. The van der Waals surface area contributed by atoms with Gasteiger partial charge in [0, 0.05) is 62.5 Å².